The number of nitrogens with two attached hydrogens (primary N) is 1. The predicted molar refractivity (Wildman–Crippen MR) is 78.0 cm³/mol. The molecule has 0 saturated heterocycles. The van der Waals surface area contributed by atoms with Crippen LogP contribution in [0.3, 0.4) is 0 Å². The van der Waals surface area contributed by atoms with Gasteiger partial charge in [0.15, 0.2) is 11.5 Å². The second-order valence-electron chi connectivity index (χ2n) is 4.32. The van der Waals surface area contributed by atoms with Crippen LogP contribution in [0.5, 0.6) is 11.5 Å². The van der Waals surface area contributed by atoms with Crippen molar-refractivity contribution in [2.45, 2.75) is 13.0 Å². The van der Waals surface area contributed by atoms with Crippen molar-refractivity contribution in [2.75, 3.05) is 25.3 Å². The van der Waals surface area contributed by atoms with Gasteiger partial charge in [-0.25, -0.2) is 0 Å². The van der Waals surface area contributed by atoms with Gasteiger partial charge in [-0.3, -0.25) is 0 Å². The second-order valence-corrected chi connectivity index (χ2v) is 4.32. The Kier molecular flexibility index (Phi) is 4.24. The Labute approximate surface area is 117 Å². The molecule has 106 valence electrons. The molecule has 2 rings (SSSR count). The maximum absolute atomic E-state index is 5.51. The maximum atomic E-state index is 5.51. The fourth-order valence-electron chi connectivity index (χ4n) is 1.85. The van der Waals surface area contributed by atoms with Crippen molar-refractivity contribution < 1.29 is 9.47 Å². The molecule has 6 heteroatoms. The number of benzene rings is 1. The van der Waals surface area contributed by atoms with Gasteiger partial charge in [0.2, 0.25) is 0 Å². The van der Waals surface area contributed by atoms with E-state index in [1.54, 1.807) is 26.4 Å². The Bertz CT molecular complexity index is 572. The zero-order valence-electron chi connectivity index (χ0n) is 11.8. The van der Waals surface area contributed by atoms with E-state index in [0.717, 1.165) is 5.56 Å². The smallest absolute Gasteiger partial charge is 0.161 e. The van der Waals surface area contributed by atoms with Gasteiger partial charge in [0.05, 0.1) is 20.3 Å². The van der Waals surface area contributed by atoms with Crippen molar-refractivity contribution in [3.63, 3.8) is 0 Å². The van der Waals surface area contributed by atoms with Crippen LogP contribution in [-0.4, -0.2) is 24.4 Å². The van der Waals surface area contributed by atoms with Crippen molar-refractivity contribution >= 4 is 11.6 Å². The summed E-state index contributed by atoms with van der Waals surface area (Å²) in [6.45, 7) is 2.03. The average Bonchev–Trinajstić information content (AvgIpc) is 2.48. The Hall–Kier alpha value is -2.50. The van der Waals surface area contributed by atoms with E-state index in [2.05, 4.69) is 15.5 Å². The fraction of sp³-hybridized carbons (Fsp3) is 0.286. The zero-order chi connectivity index (χ0) is 14.5. The van der Waals surface area contributed by atoms with E-state index >= 15 is 0 Å². The van der Waals surface area contributed by atoms with Crippen molar-refractivity contribution in [3.05, 3.63) is 35.9 Å². The van der Waals surface area contributed by atoms with Gasteiger partial charge in [0.1, 0.15) is 11.6 Å². The van der Waals surface area contributed by atoms with Crippen LogP contribution in [0, 0.1) is 0 Å². The molecule has 3 N–H and O–H groups in total. The third-order valence-corrected chi connectivity index (χ3v) is 2.96. The summed E-state index contributed by atoms with van der Waals surface area (Å²) in [5, 5.41) is 11.0. The number of rotatable bonds is 5. The van der Waals surface area contributed by atoms with Crippen molar-refractivity contribution in [1.29, 1.82) is 0 Å². The Morgan fingerprint density at radius 3 is 2.40 bits per heavy atom. The first-order valence-electron chi connectivity index (χ1n) is 6.21. The topological polar surface area (TPSA) is 82.3 Å². The molecule has 6 nitrogen and oxygen atoms in total. The number of anilines is 2. The highest BCUT2D eigenvalue weighted by molar-refractivity contribution is 5.46. The molecule has 0 aliphatic rings. The number of nitrogens with zero attached hydrogens (tertiary/aromatic N) is 2. The molecule has 0 bridgehead atoms. The largest absolute Gasteiger partial charge is 0.493 e. The third kappa shape index (κ3) is 3.09. The van der Waals surface area contributed by atoms with E-state index in [1.165, 1.54) is 0 Å². The molecule has 0 radical (unpaired) electrons. The maximum Gasteiger partial charge on any atom is 0.161 e. The summed E-state index contributed by atoms with van der Waals surface area (Å²) < 4.78 is 10.5. The number of nitrogens with one attached hydrogen (secondary N) is 1. The number of ether oxygens (including phenoxy) is 2. The number of aromatic nitrogens is 2. The van der Waals surface area contributed by atoms with E-state index in [9.17, 15) is 0 Å². The first-order valence-corrected chi connectivity index (χ1v) is 6.21. The Morgan fingerprint density at radius 1 is 1.05 bits per heavy atom. The van der Waals surface area contributed by atoms with E-state index < -0.39 is 0 Å². The van der Waals surface area contributed by atoms with Crippen LogP contribution >= 0.6 is 0 Å². The molecule has 0 fully saturated rings. The minimum atomic E-state index is 0.0488. The molecule has 1 aromatic heterocycles. The Balaban J connectivity index is 2.16. The molecular formula is C14H18N4O2. The first-order chi connectivity index (χ1) is 9.63. The molecule has 1 aromatic carbocycles. The lowest BCUT2D eigenvalue weighted by Gasteiger charge is -2.16. The summed E-state index contributed by atoms with van der Waals surface area (Å²) >= 11 is 0. The number of hydrogen-bond donors (Lipinski definition) is 2. The first kappa shape index (κ1) is 13.9. The molecule has 1 unspecified atom stereocenters. The molecule has 0 amide bonds. The van der Waals surface area contributed by atoms with E-state index in [4.69, 9.17) is 15.2 Å². The zero-order valence-corrected chi connectivity index (χ0v) is 11.8. The van der Waals surface area contributed by atoms with Crippen molar-refractivity contribution in [1.82, 2.24) is 10.2 Å². The van der Waals surface area contributed by atoms with Gasteiger partial charge in [0, 0.05) is 0 Å². The summed E-state index contributed by atoms with van der Waals surface area (Å²) in [6, 6.07) is 9.33. The van der Waals surface area contributed by atoms with Gasteiger partial charge in [-0.2, -0.15) is 0 Å². The minimum Gasteiger partial charge on any atom is -0.493 e. The standard InChI is InChI=1S/C14H18N4O2/c1-9(16-14-7-6-13(15)17-18-14)10-4-5-11(19-2)12(8-10)20-3/h4-9H,1-3H3,(H2,15,17)(H,16,18). The minimum absolute atomic E-state index is 0.0488. The quantitative estimate of drug-likeness (QED) is 0.870. The van der Waals surface area contributed by atoms with Gasteiger partial charge in [0.25, 0.3) is 0 Å². The lowest BCUT2D eigenvalue weighted by atomic mass is 10.1. The molecule has 20 heavy (non-hydrogen) atoms. The summed E-state index contributed by atoms with van der Waals surface area (Å²) in [4.78, 5) is 0. The lowest BCUT2D eigenvalue weighted by molar-refractivity contribution is 0.354. The van der Waals surface area contributed by atoms with Crippen LogP contribution in [0.2, 0.25) is 0 Å². The molecule has 0 aliphatic heterocycles. The SMILES string of the molecule is COc1ccc(C(C)Nc2ccc(N)nn2)cc1OC. The summed E-state index contributed by atoms with van der Waals surface area (Å²) in [7, 11) is 3.23. The molecule has 0 aliphatic carbocycles. The van der Waals surface area contributed by atoms with Crippen LogP contribution in [0.4, 0.5) is 11.6 Å². The summed E-state index contributed by atoms with van der Waals surface area (Å²) in [5.74, 6) is 2.47. The monoisotopic (exact) mass is 274 g/mol. The molecular weight excluding hydrogens is 256 g/mol. The average molecular weight is 274 g/mol. The third-order valence-electron chi connectivity index (χ3n) is 2.96. The summed E-state index contributed by atoms with van der Waals surface area (Å²) in [6.07, 6.45) is 0. The number of nitrogen functional groups attached to an aromatic ring is 1. The second kappa shape index (κ2) is 6.10. The fourth-order valence-corrected chi connectivity index (χ4v) is 1.85. The van der Waals surface area contributed by atoms with Gasteiger partial charge in [-0.1, -0.05) is 6.07 Å². The van der Waals surface area contributed by atoms with E-state index in [-0.39, 0.29) is 6.04 Å². The van der Waals surface area contributed by atoms with Gasteiger partial charge < -0.3 is 20.5 Å². The van der Waals surface area contributed by atoms with Crippen LogP contribution in [0.15, 0.2) is 30.3 Å². The predicted octanol–water partition coefficient (Wildman–Crippen LogP) is 2.25. The lowest BCUT2D eigenvalue weighted by Crippen LogP contribution is -2.09. The van der Waals surface area contributed by atoms with Crippen LogP contribution in [0.25, 0.3) is 0 Å². The van der Waals surface area contributed by atoms with Gasteiger partial charge in [-0.15, -0.1) is 10.2 Å². The summed E-state index contributed by atoms with van der Waals surface area (Å²) in [5.41, 5.74) is 6.56. The highest BCUT2D eigenvalue weighted by atomic mass is 16.5. The number of hydrogen-bond acceptors (Lipinski definition) is 6. The normalized spacial score (nSPS) is 11.8. The van der Waals surface area contributed by atoms with Crippen LogP contribution in [-0.2, 0) is 0 Å². The number of methoxy groups -OCH3 is 2. The van der Waals surface area contributed by atoms with Gasteiger partial charge >= 0.3 is 0 Å². The van der Waals surface area contributed by atoms with E-state index in [0.29, 0.717) is 23.1 Å². The molecule has 2 aromatic rings. The van der Waals surface area contributed by atoms with Crippen LogP contribution in [0.1, 0.15) is 18.5 Å². The van der Waals surface area contributed by atoms with Crippen molar-refractivity contribution in [2.24, 2.45) is 0 Å². The molecule has 1 heterocycles. The Morgan fingerprint density at radius 2 is 1.80 bits per heavy atom. The highest BCUT2D eigenvalue weighted by Crippen LogP contribution is 2.30. The molecule has 1 atom stereocenters. The van der Waals surface area contributed by atoms with Crippen LogP contribution < -0.4 is 20.5 Å². The van der Waals surface area contributed by atoms with Crippen molar-refractivity contribution in [3.8, 4) is 11.5 Å². The van der Waals surface area contributed by atoms with Gasteiger partial charge in [-0.05, 0) is 36.8 Å². The molecule has 0 saturated carbocycles. The highest BCUT2D eigenvalue weighted by Gasteiger charge is 2.10. The molecule has 0 spiro atoms. The van der Waals surface area contributed by atoms with E-state index in [1.807, 2.05) is 25.1 Å².